The van der Waals surface area contributed by atoms with Gasteiger partial charge in [-0.1, -0.05) is 6.92 Å². The van der Waals surface area contributed by atoms with Gasteiger partial charge >= 0.3 is 5.97 Å². The number of hydrogen-bond acceptors (Lipinski definition) is 3. The molecule has 1 aromatic heterocycles. The Bertz CT molecular complexity index is 372. The molecule has 0 aliphatic heterocycles. The molecule has 0 aromatic carbocycles. The van der Waals surface area contributed by atoms with Crippen molar-refractivity contribution >= 4 is 11.9 Å². The number of carbonyl (C=O) groups is 2. The third-order valence-corrected chi connectivity index (χ3v) is 1.96. The largest absolute Gasteiger partial charge is 0.480 e. The molecule has 0 saturated carbocycles. The van der Waals surface area contributed by atoms with Crippen molar-refractivity contribution in [3.8, 4) is 0 Å². The Hall–Kier alpha value is -1.85. The monoisotopic (exact) mass is 211 g/mol. The Kier molecular flexibility index (Phi) is 3.43. The van der Waals surface area contributed by atoms with E-state index in [2.05, 4.69) is 15.5 Å². The van der Waals surface area contributed by atoms with Crippen LogP contribution in [0.5, 0.6) is 0 Å². The lowest BCUT2D eigenvalue weighted by Crippen LogP contribution is -2.38. The number of nitrogens with zero attached hydrogens (tertiary/aromatic N) is 1. The number of carboxylic acid groups (broad SMARTS) is 1. The number of H-pyrrole nitrogens is 1. The molecule has 0 unspecified atom stereocenters. The Morgan fingerprint density at radius 1 is 1.67 bits per heavy atom. The van der Waals surface area contributed by atoms with Gasteiger partial charge in [0.2, 0.25) is 0 Å². The maximum Gasteiger partial charge on any atom is 0.325 e. The second kappa shape index (κ2) is 4.59. The van der Waals surface area contributed by atoms with Crippen LogP contribution >= 0.6 is 0 Å². The van der Waals surface area contributed by atoms with Gasteiger partial charge in [0.1, 0.15) is 11.7 Å². The van der Waals surface area contributed by atoms with Crippen LogP contribution < -0.4 is 5.32 Å². The minimum absolute atomic E-state index is 0.208. The van der Waals surface area contributed by atoms with Gasteiger partial charge in [0.05, 0.1) is 0 Å². The van der Waals surface area contributed by atoms with Crippen molar-refractivity contribution < 1.29 is 14.7 Å². The molecule has 1 amide bonds. The summed E-state index contributed by atoms with van der Waals surface area (Å²) in [4.78, 5) is 21.9. The second-order valence-corrected chi connectivity index (χ2v) is 3.17. The van der Waals surface area contributed by atoms with E-state index in [4.69, 9.17) is 5.11 Å². The van der Waals surface area contributed by atoms with E-state index in [0.717, 1.165) is 12.1 Å². The highest BCUT2D eigenvalue weighted by Gasteiger charge is 2.16. The molecule has 1 aromatic rings. The van der Waals surface area contributed by atoms with Crippen LogP contribution in [-0.4, -0.2) is 33.2 Å². The molecule has 0 radical (unpaired) electrons. The van der Waals surface area contributed by atoms with Gasteiger partial charge in [-0.05, 0) is 19.4 Å². The van der Waals surface area contributed by atoms with Crippen molar-refractivity contribution in [3.63, 3.8) is 0 Å². The fourth-order valence-electron chi connectivity index (χ4n) is 0.991. The number of hydrogen-bond donors (Lipinski definition) is 3. The first kappa shape index (κ1) is 11.2. The molecule has 15 heavy (non-hydrogen) atoms. The number of aromatic amines is 1. The Labute approximate surface area is 86.7 Å². The van der Waals surface area contributed by atoms with Gasteiger partial charge in [0.15, 0.2) is 0 Å². The summed E-state index contributed by atoms with van der Waals surface area (Å²) < 4.78 is 0. The summed E-state index contributed by atoms with van der Waals surface area (Å²) in [6, 6.07) is 0.684. The van der Waals surface area contributed by atoms with Gasteiger partial charge in [-0.2, -0.15) is 5.10 Å². The standard InChI is InChI=1S/C9H13N3O3/c1-3-6-4-7(12-11-6)8(13)10-5(2)9(14)15/h4-5H,3H2,1-2H3,(H,10,13)(H,11,12)(H,14,15)/t5-/m0/s1. The minimum atomic E-state index is -1.07. The summed E-state index contributed by atoms with van der Waals surface area (Å²) in [6.45, 7) is 3.32. The molecule has 6 nitrogen and oxygen atoms in total. The average molecular weight is 211 g/mol. The molecule has 0 saturated heterocycles. The fraction of sp³-hybridized carbons (Fsp3) is 0.444. The predicted octanol–water partition coefficient (Wildman–Crippen LogP) is 0.175. The Balaban J connectivity index is 2.65. The highest BCUT2D eigenvalue weighted by Crippen LogP contribution is 2.00. The molecule has 0 aliphatic carbocycles. The highest BCUT2D eigenvalue weighted by atomic mass is 16.4. The lowest BCUT2D eigenvalue weighted by Gasteiger charge is -2.06. The minimum Gasteiger partial charge on any atom is -0.480 e. The number of carbonyl (C=O) groups excluding carboxylic acids is 1. The van der Waals surface area contributed by atoms with E-state index >= 15 is 0 Å². The summed E-state index contributed by atoms with van der Waals surface area (Å²) >= 11 is 0. The average Bonchev–Trinajstić information content (AvgIpc) is 2.65. The second-order valence-electron chi connectivity index (χ2n) is 3.17. The third-order valence-electron chi connectivity index (χ3n) is 1.96. The molecule has 1 atom stereocenters. The first-order valence-corrected chi connectivity index (χ1v) is 4.62. The first-order valence-electron chi connectivity index (χ1n) is 4.62. The summed E-state index contributed by atoms with van der Waals surface area (Å²) in [7, 11) is 0. The van der Waals surface area contributed by atoms with E-state index in [9.17, 15) is 9.59 Å². The maximum atomic E-state index is 11.4. The van der Waals surface area contributed by atoms with Crippen LogP contribution in [0.1, 0.15) is 30.0 Å². The van der Waals surface area contributed by atoms with Gasteiger partial charge in [-0.15, -0.1) is 0 Å². The van der Waals surface area contributed by atoms with Crippen LogP contribution in [0.3, 0.4) is 0 Å². The van der Waals surface area contributed by atoms with Gasteiger partial charge in [0, 0.05) is 5.69 Å². The summed E-state index contributed by atoms with van der Waals surface area (Å²) in [5.74, 6) is -1.56. The lowest BCUT2D eigenvalue weighted by molar-refractivity contribution is -0.138. The van der Waals surface area contributed by atoms with Crippen molar-refractivity contribution in [1.29, 1.82) is 0 Å². The topological polar surface area (TPSA) is 95.1 Å². The van der Waals surface area contributed by atoms with Crippen LogP contribution in [0.25, 0.3) is 0 Å². The summed E-state index contributed by atoms with van der Waals surface area (Å²) in [5, 5.41) is 17.3. The zero-order valence-corrected chi connectivity index (χ0v) is 8.57. The number of rotatable bonds is 4. The quantitative estimate of drug-likeness (QED) is 0.661. The third kappa shape index (κ3) is 2.80. The molecule has 0 spiro atoms. The maximum absolute atomic E-state index is 11.4. The Morgan fingerprint density at radius 2 is 2.33 bits per heavy atom. The lowest BCUT2D eigenvalue weighted by atomic mass is 10.3. The number of aryl methyl sites for hydroxylation is 1. The van der Waals surface area contributed by atoms with Gasteiger partial charge in [-0.3, -0.25) is 14.7 Å². The van der Waals surface area contributed by atoms with E-state index < -0.39 is 17.9 Å². The van der Waals surface area contributed by atoms with Gasteiger partial charge < -0.3 is 10.4 Å². The number of aromatic nitrogens is 2. The number of aliphatic carboxylic acids is 1. The SMILES string of the molecule is CCc1cc(C(=O)N[C@@H](C)C(=O)O)n[nH]1. The first-order chi connectivity index (χ1) is 7.04. The van der Waals surface area contributed by atoms with Crippen LogP contribution in [0, 0.1) is 0 Å². The zero-order valence-electron chi connectivity index (χ0n) is 8.57. The van der Waals surface area contributed by atoms with E-state index in [-0.39, 0.29) is 5.69 Å². The van der Waals surface area contributed by atoms with E-state index in [1.165, 1.54) is 6.92 Å². The molecule has 1 heterocycles. The Morgan fingerprint density at radius 3 is 2.80 bits per heavy atom. The predicted molar refractivity (Wildman–Crippen MR) is 52.5 cm³/mol. The van der Waals surface area contributed by atoms with Gasteiger partial charge in [-0.25, -0.2) is 0 Å². The van der Waals surface area contributed by atoms with Gasteiger partial charge in [0.25, 0.3) is 5.91 Å². The zero-order chi connectivity index (χ0) is 11.4. The number of amides is 1. The van der Waals surface area contributed by atoms with Crippen molar-refractivity contribution in [2.75, 3.05) is 0 Å². The molecular formula is C9H13N3O3. The normalized spacial score (nSPS) is 12.1. The van der Waals surface area contributed by atoms with Crippen LogP contribution in [0.2, 0.25) is 0 Å². The molecule has 3 N–H and O–H groups in total. The van der Waals surface area contributed by atoms with Crippen LogP contribution in [0.4, 0.5) is 0 Å². The highest BCUT2D eigenvalue weighted by molar-refractivity contribution is 5.94. The van der Waals surface area contributed by atoms with Crippen molar-refractivity contribution in [3.05, 3.63) is 17.5 Å². The van der Waals surface area contributed by atoms with E-state index in [0.29, 0.717) is 0 Å². The number of nitrogens with one attached hydrogen (secondary N) is 2. The number of carboxylic acids is 1. The molecule has 0 fully saturated rings. The fourth-order valence-corrected chi connectivity index (χ4v) is 0.991. The van der Waals surface area contributed by atoms with E-state index in [1.807, 2.05) is 6.92 Å². The molecule has 0 bridgehead atoms. The van der Waals surface area contributed by atoms with Crippen LogP contribution in [0.15, 0.2) is 6.07 Å². The van der Waals surface area contributed by atoms with Crippen molar-refractivity contribution in [2.24, 2.45) is 0 Å². The van der Waals surface area contributed by atoms with Crippen LogP contribution in [-0.2, 0) is 11.2 Å². The van der Waals surface area contributed by atoms with Crippen molar-refractivity contribution in [1.82, 2.24) is 15.5 Å². The molecule has 6 heteroatoms. The molecule has 0 aliphatic rings. The molecule has 1 rings (SSSR count). The smallest absolute Gasteiger partial charge is 0.325 e. The van der Waals surface area contributed by atoms with Crippen molar-refractivity contribution in [2.45, 2.75) is 26.3 Å². The summed E-state index contributed by atoms with van der Waals surface area (Å²) in [5.41, 5.74) is 1.04. The molecule has 82 valence electrons. The summed E-state index contributed by atoms with van der Waals surface area (Å²) in [6.07, 6.45) is 0.745. The van der Waals surface area contributed by atoms with E-state index in [1.54, 1.807) is 6.07 Å². The molecular weight excluding hydrogens is 198 g/mol.